The van der Waals surface area contributed by atoms with Crippen molar-refractivity contribution in [2.24, 2.45) is 0 Å². The SMILES string of the molecule is Cc1nc2cnncc2n1Cc1ccccc1-c1ccccc1-c1nn[nH]n1. The van der Waals surface area contributed by atoms with E-state index in [1.165, 1.54) is 0 Å². The highest BCUT2D eigenvalue weighted by molar-refractivity contribution is 5.82. The van der Waals surface area contributed by atoms with Gasteiger partial charge >= 0.3 is 0 Å². The second-order valence-corrected chi connectivity index (χ2v) is 6.44. The fourth-order valence-corrected chi connectivity index (χ4v) is 3.49. The molecule has 5 aromatic rings. The highest BCUT2D eigenvalue weighted by Crippen LogP contribution is 2.32. The zero-order valence-corrected chi connectivity index (χ0v) is 15.1. The molecule has 136 valence electrons. The quantitative estimate of drug-likeness (QED) is 0.524. The summed E-state index contributed by atoms with van der Waals surface area (Å²) in [7, 11) is 0. The molecule has 0 unspecified atom stereocenters. The summed E-state index contributed by atoms with van der Waals surface area (Å²) in [5, 5.41) is 22.5. The average molecular weight is 368 g/mol. The molecule has 0 fully saturated rings. The van der Waals surface area contributed by atoms with Gasteiger partial charge in [0, 0.05) is 12.1 Å². The molecule has 0 radical (unpaired) electrons. The van der Waals surface area contributed by atoms with Gasteiger partial charge in [0.2, 0.25) is 5.82 Å². The van der Waals surface area contributed by atoms with E-state index in [1.54, 1.807) is 12.4 Å². The molecule has 5 rings (SSSR count). The third kappa shape index (κ3) is 2.71. The van der Waals surface area contributed by atoms with Gasteiger partial charge in [0.05, 0.1) is 17.9 Å². The summed E-state index contributed by atoms with van der Waals surface area (Å²) in [5.41, 5.74) is 6.08. The summed E-state index contributed by atoms with van der Waals surface area (Å²) < 4.78 is 2.15. The van der Waals surface area contributed by atoms with Gasteiger partial charge in [0.15, 0.2) is 0 Å². The predicted octanol–water partition coefficient (Wildman–Crippen LogP) is 3.03. The molecule has 0 saturated heterocycles. The van der Waals surface area contributed by atoms with Crippen LogP contribution in [0.1, 0.15) is 11.4 Å². The van der Waals surface area contributed by atoms with Crippen molar-refractivity contribution < 1.29 is 0 Å². The van der Waals surface area contributed by atoms with Crippen LogP contribution in [0.5, 0.6) is 0 Å². The number of tetrazole rings is 1. The lowest BCUT2D eigenvalue weighted by Gasteiger charge is -2.14. The van der Waals surface area contributed by atoms with E-state index in [0.717, 1.165) is 39.1 Å². The third-order valence-corrected chi connectivity index (χ3v) is 4.80. The van der Waals surface area contributed by atoms with Gasteiger partial charge < -0.3 is 4.57 Å². The normalized spacial score (nSPS) is 11.2. The van der Waals surface area contributed by atoms with Gasteiger partial charge in [-0.25, -0.2) is 4.98 Å². The Morgan fingerprint density at radius 2 is 1.64 bits per heavy atom. The van der Waals surface area contributed by atoms with Crippen LogP contribution in [0.25, 0.3) is 33.5 Å². The molecular weight excluding hydrogens is 352 g/mol. The van der Waals surface area contributed by atoms with Crippen molar-refractivity contribution in [3.63, 3.8) is 0 Å². The largest absolute Gasteiger partial charge is 0.322 e. The predicted molar refractivity (Wildman–Crippen MR) is 104 cm³/mol. The van der Waals surface area contributed by atoms with Gasteiger partial charge in [-0.3, -0.25) is 0 Å². The highest BCUT2D eigenvalue weighted by Gasteiger charge is 2.15. The molecular formula is C20H16N8. The Bertz CT molecular complexity index is 1260. The topological polar surface area (TPSA) is 98.1 Å². The van der Waals surface area contributed by atoms with E-state index in [1.807, 2.05) is 37.3 Å². The Morgan fingerprint density at radius 1 is 0.893 bits per heavy atom. The maximum atomic E-state index is 4.60. The number of nitrogens with zero attached hydrogens (tertiary/aromatic N) is 7. The monoisotopic (exact) mass is 368 g/mol. The van der Waals surface area contributed by atoms with E-state index in [4.69, 9.17) is 0 Å². The van der Waals surface area contributed by atoms with Crippen LogP contribution in [0.3, 0.4) is 0 Å². The summed E-state index contributed by atoms with van der Waals surface area (Å²) in [4.78, 5) is 4.60. The molecule has 8 heteroatoms. The zero-order chi connectivity index (χ0) is 18.9. The van der Waals surface area contributed by atoms with E-state index in [-0.39, 0.29) is 0 Å². The first kappa shape index (κ1) is 16.2. The summed E-state index contributed by atoms with van der Waals surface area (Å²) in [6.45, 7) is 2.67. The number of benzene rings is 2. The standard InChI is InChI=1S/C20H16N8/c1-13-23-18-10-21-22-11-19(18)28(13)12-14-6-2-3-7-15(14)16-8-4-5-9-17(16)20-24-26-27-25-20/h2-11H,12H2,1H3,(H,24,25,26,27). The number of aromatic nitrogens is 8. The van der Waals surface area contributed by atoms with E-state index in [9.17, 15) is 0 Å². The Balaban J connectivity index is 1.65. The molecule has 0 amide bonds. The first-order chi connectivity index (χ1) is 13.8. The first-order valence-corrected chi connectivity index (χ1v) is 8.86. The van der Waals surface area contributed by atoms with Crippen molar-refractivity contribution in [2.45, 2.75) is 13.5 Å². The number of H-pyrrole nitrogens is 1. The maximum Gasteiger partial charge on any atom is 0.205 e. The molecule has 3 aromatic heterocycles. The molecule has 3 heterocycles. The zero-order valence-electron chi connectivity index (χ0n) is 15.1. The number of fused-ring (bicyclic) bond motifs is 1. The Hall–Kier alpha value is -3.94. The maximum absolute atomic E-state index is 4.60. The molecule has 0 atom stereocenters. The molecule has 0 aliphatic rings. The molecule has 0 aliphatic heterocycles. The van der Waals surface area contributed by atoms with E-state index in [2.05, 4.69) is 58.6 Å². The minimum atomic E-state index is 0.574. The Morgan fingerprint density at radius 3 is 2.46 bits per heavy atom. The van der Waals surface area contributed by atoms with Gasteiger partial charge in [-0.1, -0.05) is 48.5 Å². The van der Waals surface area contributed by atoms with Crippen molar-refractivity contribution in [3.05, 3.63) is 72.3 Å². The summed E-state index contributed by atoms with van der Waals surface area (Å²) in [5.74, 6) is 1.50. The summed E-state index contributed by atoms with van der Waals surface area (Å²) in [6.07, 6.45) is 3.45. The van der Waals surface area contributed by atoms with Gasteiger partial charge in [0.1, 0.15) is 11.3 Å². The Kier molecular flexibility index (Phi) is 3.86. The number of imidazole rings is 1. The molecule has 2 aromatic carbocycles. The first-order valence-electron chi connectivity index (χ1n) is 8.86. The molecule has 0 saturated carbocycles. The van der Waals surface area contributed by atoms with Crippen molar-refractivity contribution in [1.82, 2.24) is 40.4 Å². The van der Waals surface area contributed by atoms with Crippen molar-refractivity contribution in [2.75, 3.05) is 0 Å². The van der Waals surface area contributed by atoms with Crippen molar-refractivity contribution in [3.8, 4) is 22.5 Å². The fraction of sp³-hybridized carbons (Fsp3) is 0.100. The number of hydrogen-bond donors (Lipinski definition) is 1. The molecule has 1 N–H and O–H groups in total. The molecule has 0 spiro atoms. The van der Waals surface area contributed by atoms with Gasteiger partial charge in [-0.2, -0.15) is 15.4 Å². The van der Waals surface area contributed by atoms with Crippen LogP contribution in [0.4, 0.5) is 0 Å². The minimum Gasteiger partial charge on any atom is -0.322 e. The Labute approximate surface area is 160 Å². The highest BCUT2D eigenvalue weighted by atomic mass is 15.5. The number of nitrogens with one attached hydrogen (secondary N) is 1. The number of rotatable bonds is 4. The van der Waals surface area contributed by atoms with Crippen LogP contribution in [0, 0.1) is 6.92 Å². The molecule has 0 aliphatic carbocycles. The van der Waals surface area contributed by atoms with E-state index in [0.29, 0.717) is 12.4 Å². The van der Waals surface area contributed by atoms with Gasteiger partial charge in [-0.05, 0) is 28.8 Å². The van der Waals surface area contributed by atoms with Crippen LogP contribution < -0.4 is 0 Å². The number of hydrogen-bond acceptors (Lipinski definition) is 6. The van der Waals surface area contributed by atoms with E-state index >= 15 is 0 Å². The lowest BCUT2D eigenvalue weighted by Crippen LogP contribution is -2.04. The lowest BCUT2D eigenvalue weighted by molar-refractivity contribution is 0.785. The van der Waals surface area contributed by atoms with Crippen molar-refractivity contribution in [1.29, 1.82) is 0 Å². The van der Waals surface area contributed by atoms with E-state index < -0.39 is 0 Å². The molecule has 0 bridgehead atoms. The minimum absolute atomic E-state index is 0.574. The van der Waals surface area contributed by atoms with Crippen molar-refractivity contribution >= 4 is 11.0 Å². The fourth-order valence-electron chi connectivity index (χ4n) is 3.49. The lowest BCUT2D eigenvalue weighted by atomic mass is 9.95. The van der Waals surface area contributed by atoms with Crippen LogP contribution >= 0.6 is 0 Å². The van der Waals surface area contributed by atoms with Crippen LogP contribution in [-0.4, -0.2) is 40.4 Å². The molecule has 28 heavy (non-hydrogen) atoms. The van der Waals surface area contributed by atoms with Crippen LogP contribution in [0.15, 0.2) is 60.9 Å². The second kappa shape index (κ2) is 6.66. The number of aryl methyl sites for hydroxylation is 1. The van der Waals surface area contributed by atoms with Crippen LogP contribution in [-0.2, 0) is 6.54 Å². The van der Waals surface area contributed by atoms with Gasteiger partial charge in [0.25, 0.3) is 0 Å². The summed E-state index contributed by atoms with van der Waals surface area (Å²) >= 11 is 0. The molecule has 8 nitrogen and oxygen atoms in total. The average Bonchev–Trinajstić information content (AvgIpc) is 3.37. The van der Waals surface area contributed by atoms with Gasteiger partial charge in [-0.15, -0.1) is 10.2 Å². The number of aromatic amines is 1. The van der Waals surface area contributed by atoms with Crippen LogP contribution in [0.2, 0.25) is 0 Å². The third-order valence-electron chi connectivity index (χ3n) is 4.80. The summed E-state index contributed by atoms with van der Waals surface area (Å²) in [6, 6.07) is 16.4. The second-order valence-electron chi connectivity index (χ2n) is 6.44. The smallest absolute Gasteiger partial charge is 0.205 e.